The molecule has 0 radical (unpaired) electrons. The van der Waals surface area contributed by atoms with Gasteiger partial charge in [0.15, 0.2) is 5.78 Å². The molecule has 0 aliphatic carbocycles. The Labute approximate surface area is 185 Å². The van der Waals surface area contributed by atoms with Crippen molar-refractivity contribution in [3.63, 3.8) is 0 Å². The standard InChI is InChI=1S/C28H30O3/c1-3-5-11-21(4-2)20-31-28(30)24-18-16-23(17-19-24)27(29)26-15-10-9-14-25(26)22-12-7-6-8-13-22/h6-10,12-19,21H,3-5,11,20H2,1-2H3. The van der Waals surface area contributed by atoms with Crippen LogP contribution in [0.1, 0.15) is 65.8 Å². The second-order valence-corrected chi connectivity index (χ2v) is 7.83. The van der Waals surface area contributed by atoms with E-state index in [1.54, 1.807) is 24.3 Å². The number of carbonyl (C=O) groups excluding carboxylic acids is 2. The molecule has 0 saturated carbocycles. The molecule has 3 heteroatoms. The van der Waals surface area contributed by atoms with Crippen molar-refractivity contribution >= 4 is 11.8 Å². The second-order valence-electron chi connectivity index (χ2n) is 7.83. The number of unbranched alkanes of at least 4 members (excludes halogenated alkanes) is 1. The third-order valence-electron chi connectivity index (χ3n) is 5.63. The largest absolute Gasteiger partial charge is 0.462 e. The monoisotopic (exact) mass is 414 g/mol. The normalized spacial score (nSPS) is 11.7. The number of ether oxygens (including phenoxy) is 1. The lowest BCUT2D eigenvalue weighted by atomic mass is 9.93. The van der Waals surface area contributed by atoms with E-state index in [1.165, 1.54) is 0 Å². The molecule has 0 saturated heterocycles. The Balaban J connectivity index is 1.71. The fraction of sp³-hybridized carbons (Fsp3) is 0.286. The molecule has 0 bridgehead atoms. The van der Waals surface area contributed by atoms with E-state index >= 15 is 0 Å². The van der Waals surface area contributed by atoms with Crippen molar-refractivity contribution in [1.82, 2.24) is 0 Å². The molecule has 0 aliphatic heterocycles. The minimum atomic E-state index is -0.335. The zero-order valence-corrected chi connectivity index (χ0v) is 18.3. The lowest BCUT2D eigenvalue weighted by Gasteiger charge is -2.14. The first-order chi connectivity index (χ1) is 15.1. The minimum absolute atomic E-state index is 0.0648. The summed E-state index contributed by atoms with van der Waals surface area (Å²) in [5.41, 5.74) is 3.56. The summed E-state index contributed by atoms with van der Waals surface area (Å²) in [5, 5.41) is 0. The third kappa shape index (κ3) is 5.91. The first kappa shape index (κ1) is 22.5. The van der Waals surface area contributed by atoms with Gasteiger partial charge in [-0.05, 0) is 35.6 Å². The van der Waals surface area contributed by atoms with Crippen LogP contribution in [-0.2, 0) is 4.74 Å². The van der Waals surface area contributed by atoms with Gasteiger partial charge in [0.1, 0.15) is 0 Å². The summed E-state index contributed by atoms with van der Waals surface area (Å²) in [6.07, 6.45) is 4.38. The van der Waals surface area contributed by atoms with Crippen LogP contribution in [0.15, 0.2) is 78.9 Å². The van der Waals surface area contributed by atoms with Gasteiger partial charge in [-0.2, -0.15) is 0 Å². The topological polar surface area (TPSA) is 43.4 Å². The summed E-state index contributed by atoms with van der Waals surface area (Å²) in [6.45, 7) is 4.74. The molecular weight excluding hydrogens is 384 g/mol. The van der Waals surface area contributed by atoms with Crippen LogP contribution in [0.25, 0.3) is 11.1 Å². The molecule has 0 aromatic heterocycles. The minimum Gasteiger partial charge on any atom is -0.462 e. The molecular formula is C28H30O3. The fourth-order valence-corrected chi connectivity index (χ4v) is 3.64. The number of carbonyl (C=O) groups is 2. The van der Waals surface area contributed by atoms with E-state index < -0.39 is 0 Å². The summed E-state index contributed by atoms with van der Waals surface area (Å²) < 4.78 is 5.52. The Kier molecular flexibility index (Phi) is 8.17. The van der Waals surface area contributed by atoms with E-state index in [0.717, 1.165) is 36.8 Å². The maximum Gasteiger partial charge on any atom is 0.338 e. The number of benzene rings is 3. The van der Waals surface area contributed by atoms with E-state index in [9.17, 15) is 9.59 Å². The van der Waals surface area contributed by atoms with Gasteiger partial charge in [-0.25, -0.2) is 4.79 Å². The van der Waals surface area contributed by atoms with Crippen molar-refractivity contribution in [2.45, 2.75) is 39.5 Å². The molecule has 0 aliphatic rings. The number of rotatable bonds is 10. The maximum atomic E-state index is 13.2. The summed E-state index contributed by atoms with van der Waals surface area (Å²) in [4.78, 5) is 25.6. The Hall–Kier alpha value is -3.20. The SMILES string of the molecule is CCCCC(CC)COC(=O)c1ccc(C(=O)c2ccccc2-c2ccccc2)cc1. The zero-order chi connectivity index (χ0) is 22.1. The van der Waals surface area contributed by atoms with Crippen molar-refractivity contribution < 1.29 is 14.3 Å². The second kappa shape index (κ2) is 11.3. The Morgan fingerprint density at radius 2 is 1.45 bits per heavy atom. The van der Waals surface area contributed by atoms with Crippen LogP contribution >= 0.6 is 0 Å². The molecule has 0 heterocycles. The van der Waals surface area contributed by atoms with Crippen molar-refractivity contribution in [1.29, 1.82) is 0 Å². The van der Waals surface area contributed by atoms with Gasteiger partial charge in [0.05, 0.1) is 12.2 Å². The lowest BCUT2D eigenvalue weighted by Crippen LogP contribution is -2.14. The van der Waals surface area contributed by atoms with Crippen LogP contribution in [-0.4, -0.2) is 18.4 Å². The van der Waals surface area contributed by atoms with Gasteiger partial charge in [-0.15, -0.1) is 0 Å². The molecule has 160 valence electrons. The summed E-state index contributed by atoms with van der Waals surface area (Å²) >= 11 is 0. The average Bonchev–Trinajstić information content (AvgIpc) is 2.84. The van der Waals surface area contributed by atoms with Crippen LogP contribution in [0.2, 0.25) is 0 Å². The first-order valence-electron chi connectivity index (χ1n) is 11.1. The Morgan fingerprint density at radius 1 is 0.806 bits per heavy atom. The van der Waals surface area contributed by atoms with Crippen molar-refractivity contribution in [3.05, 3.63) is 95.6 Å². The summed E-state index contributed by atoms with van der Waals surface area (Å²) in [7, 11) is 0. The van der Waals surface area contributed by atoms with Gasteiger partial charge in [0, 0.05) is 11.1 Å². The maximum absolute atomic E-state index is 13.2. The van der Waals surface area contributed by atoms with Gasteiger partial charge < -0.3 is 4.74 Å². The summed E-state index contributed by atoms with van der Waals surface area (Å²) in [5.74, 6) is 0.00264. The van der Waals surface area contributed by atoms with E-state index in [1.807, 2.05) is 54.6 Å². The van der Waals surface area contributed by atoms with Crippen LogP contribution in [0.5, 0.6) is 0 Å². The van der Waals surface area contributed by atoms with Gasteiger partial charge in [-0.3, -0.25) is 4.79 Å². The molecule has 3 nitrogen and oxygen atoms in total. The average molecular weight is 415 g/mol. The molecule has 31 heavy (non-hydrogen) atoms. The molecule has 1 unspecified atom stereocenters. The smallest absolute Gasteiger partial charge is 0.338 e. The number of ketones is 1. The van der Waals surface area contributed by atoms with Gasteiger partial charge in [0.25, 0.3) is 0 Å². The lowest BCUT2D eigenvalue weighted by molar-refractivity contribution is 0.0428. The highest BCUT2D eigenvalue weighted by atomic mass is 16.5. The highest BCUT2D eigenvalue weighted by Gasteiger charge is 2.16. The highest BCUT2D eigenvalue weighted by Crippen LogP contribution is 2.25. The van der Waals surface area contributed by atoms with E-state index in [4.69, 9.17) is 4.74 Å². The number of esters is 1. The van der Waals surface area contributed by atoms with Crippen molar-refractivity contribution in [3.8, 4) is 11.1 Å². The molecule has 3 aromatic rings. The quantitative estimate of drug-likeness (QED) is 0.266. The van der Waals surface area contributed by atoms with Gasteiger partial charge in [0.2, 0.25) is 0 Å². The predicted molar refractivity (Wildman–Crippen MR) is 125 cm³/mol. The first-order valence-corrected chi connectivity index (χ1v) is 11.1. The Bertz CT molecular complexity index is 990. The molecule has 0 N–H and O–H groups in total. The molecule has 3 rings (SSSR count). The molecule has 0 spiro atoms. The molecule has 0 amide bonds. The van der Waals surface area contributed by atoms with Crippen LogP contribution in [0.3, 0.4) is 0 Å². The molecule has 3 aromatic carbocycles. The number of hydrogen-bond acceptors (Lipinski definition) is 3. The predicted octanol–water partition coefficient (Wildman–Crippen LogP) is 6.96. The fourth-order valence-electron chi connectivity index (χ4n) is 3.64. The number of hydrogen-bond donors (Lipinski definition) is 0. The summed E-state index contributed by atoms with van der Waals surface area (Å²) in [6, 6.07) is 24.2. The van der Waals surface area contributed by atoms with Crippen LogP contribution in [0, 0.1) is 5.92 Å². The van der Waals surface area contributed by atoms with E-state index in [2.05, 4.69) is 13.8 Å². The van der Waals surface area contributed by atoms with Gasteiger partial charge in [-0.1, -0.05) is 99.8 Å². The van der Waals surface area contributed by atoms with E-state index in [-0.39, 0.29) is 11.8 Å². The molecule has 0 fully saturated rings. The highest BCUT2D eigenvalue weighted by molar-refractivity contribution is 6.13. The van der Waals surface area contributed by atoms with Crippen molar-refractivity contribution in [2.75, 3.05) is 6.61 Å². The molecule has 1 atom stereocenters. The van der Waals surface area contributed by atoms with Crippen LogP contribution < -0.4 is 0 Å². The third-order valence-corrected chi connectivity index (χ3v) is 5.63. The van der Waals surface area contributed by atoms with Crippen molar-refractivity contribution in [2.24, 2.45) is 5.92 Å². The van der Waals surface area contributed by atoms with Gasteiger partial charge >= 0.3 is 5.97 Å². The van der Waals surface area contributed by atoms with Crippen LogP contribution in [0.4, 0.5) is 0 Å². The zero-order valence-electron chi connectivity index (χ0n) is 18.3. The van der Waals surface area contributed by atoms with E-state index in [0.29, 0.717) is 29.2 Å². The Morgan fingerprint density at radius 3 is 2.13 bits per heavy atom.